The van der Waals surface area contributed by atoms with Crippen molar-refractivity contribution in [3.63, 3.8) is 0 Å². The van der Waals surface area contributed by atoms with Gasteiger partial charge in [-0.3, -0.25) is 9.54 Å². The van der Waals surface area contributed by atoms with Crippen LogP contribution in [-0.2, 0) is 21.2 Å². The highest BCUT2D eigenvalue weighted by molar-refractivity contribution is 7.80. The highest BCUT2D eigenvalue weighted by Crippen LogP contribution is 2.38. The van der Waals surface area contributed by atoms with Gasteiger partial charge in [-0.2, -0.15) is 13.5 Å². The molecule has 2 aromatic heterocycles. The first-order chi connectivity index (χ1) is 10.4. The monoisotopic (exact) mass is 322 g/mol. The molecule has 9 nitrogen and oxygen atoms in total. The number of pyridine rings is 2. The predicted octanol–water partition coefficient (Wildman–Crippen LogP) is 0.657. The van der Waals surface area contributed by atoms with E-state index in [0.29, 0.717) is 21.8 Å². The summed E-state index contributed by atoms with van der Waals surface area (Å²) in [5, 5.41) is 1.50. The van der Waals surface area contributed by atoms with Crippen molar-refractivity contribution in [2.24, 2.45) is 0 Å². The molecular weight excluding hydrogens is 312 g/mol. The first kappa shape index (κ1) is 13.4. The Morgan fingerprint density at radius 3 is 3.00 bits per heavy atom. The molecule has 1 atom stereocenters. The molecule has 1 fully saturated rings. The second kappa shape index (κ2) is 4.35. The maximum absolute atomic E-state index is 12.1. The zero-order chi connectivity index (χ0) is 15.5. The number of carbonyl (C=O) groups is 1. The number of fused-ring (bicyclic) bond motifs is 5. The quantitative estimate of drug-likeness (QED) is 0.808. The normalized spacial score (nSPS) is 20.6. The van der Waals surface area contributed by atoms with Gasteiger partial charge in [-0.25, -0.2) is 9.78 Å². The van der Waals surface area contributed by atoms with E-state index in [-0.39, 0.29) is 13.1 Å². The fourth-order valence-electron chi connectivity index (χ4n) is 2.84. The second-order valence-corrected chi connectivity index (χ2v) is 6.10. The number of nitrogens with zero attached hydrogens (tertiary/aromatic N) is 4. The Bertz CT molecular complexity index is 900. The molecule has 2 amide bonds. The SMILES string of the molecule is O=C1N2Cc3nc4cnccc4cc3C(C2)N1OS(=O)(=O)O. The van der Waals surface area contributed by atoms with Crippen molar-refractivity contribution in [2.45, 2.75) is 12.6 Å². The number of urea groups is 1. The van der Waals surface area contributed by atoms with E-state index in [2.05, 4.69) is 14.3 Å². The van der Waals surface area contributed by atoms with Crippen LogP contribution in [0.25, 0.3) is 10.9 Å². The Balaban J connectivity index is 1.84. The topological polar surface area (TPSA) is 113 Å². The molecule has 0 spiro atoms. The van der Waals surface area contributed by atoms with Crippen molar-refractivity contribution in [1.29, 1.82) is 0 Å². The number of hydroxylamine groups is 2. The molecule has 2 aliphatic rings. The molecule has 4 rings (SSSR count). The van der Waals surface area contributed by atoms with E-state index in [4.69, 9.17) is 4.55 Å². The first-order valence-corrected chi connectivity index (χ1v) is 7.77. The average Bonchev–Trinajstić information content (AvgIpc) is 2.70. The van der Waals surface area contributed by atoms with Crippen LogP contribution in [0.2, 0.25) is 0 Å². The van der Waals surface area contributed by atoms with Gasteiger partial charge in [-0.15, -0.1) is 4.28 Å². The maximum atomic E-state index is 12.1. The van der Waals surface area contributed by atoms with Gasteiger partial charge < -0.3 is 4.90 Å². The summed E-state index contributed by atoms with van der Waals surface area (Å²) < 4.78 is 35.2. The van der Waals surface area contributed by atoms with Crippen LogP contribution in [0.15, 0.2) is 24.5 Å². The summed E-state index contributed by atoms with van der Waals surface area (Å²) >= 11 is 0. The Hall–Kier alpha value is -2.30. The second-order valence-electron chi connectivity index (χ2n) is 5.10. The summed E-state index contributed by atoms with van der Waals surface area (Å²) in [5.74, 6) is 0. The molecule has 2 bridgehead atoms. The number of hydrogen-bond acceptors (Lipinski definition) is 6. The molecular formula is C12H10N4O5S. The Morgan fingerprint density at radius 1 is 1.41 bits per heavy atom. The smallest absolute Gasteiger partial charge is 0.314 e. The summed E-state index contributed by atoms with van der Waals surface area (Å²) in [5.41, 5.74) is 2.05. The van der Waals surface area contributed by atoms with Gasteiger partial charge in [0.25, 0.3) is 0 Å². The van der Waals surface area contributed by atoms with Crippen LogP contribution in [0.1, 0.15) is 17.3 Å². The van der Waals surface area contributed by atoms with Gasteiger partial charge in [-0.1, -0.05) is 0 Å². The molecule has 1 N–H and O–H groups in total. The minimum atomic E-state index is -4.78. The molecule has 0 aromatic carbocycles. The number of hydrogen-bond donors (Lipinski definition) is 1. The van der Waals surface area contributed by atoms with E-state index in [0.717, 1.165) is 5.39 Å². The highest BCUT2D eigenvalue weighted by Gasteiger charge is 2.46. The lowest BCUT2D eigenvalue weighted by molar-refractivity contribution is -0.0316. The first-order valence-electron chi connectivity index (χ1n) is 6.41. The van der Waals surface area contributed by atoms with Crippen LogP contribution < -0.4 is 0 Å². The molecule has 0 aliphatic carbocycles. The van der Waals surface area contributed by atoms with Crippen molar-refractivity contribution in [1.82, 2.24) is 19.9 Å². The molecule has 4 heterocycles. The van der Waals surface area contributed by atoms with Crippen LogP contribution in [-0.4, -0.2) is 45.5 Å². The lowest BCUT2D eigenvalue weighted by Crippen LogP contribution is -2.32. The van der Waals surface area contributed by atoms with Gasteiger partial charge in [0.05, 0.1) is 30.5 Å². The third-order valence-electron chi connectivity index (χ3n) is 3.74. The summed E-state index contributed by atoms with van der Waals surface area (Å²) in [6, 6.07) is 2.35. The molecule has 22 heavy (non-hydrogen) atoms. The number of amides is 2. The van der Waals surface area contributed by atoms with Gasteiger partial charge in [-0.05, 0) is 12.1 Å². The molecule has 1 saturated heterocycles. The van der Waals surface area contributed by atoms with Crippen molar-refractivity contribution in [2.75, 3.05) is 6.54 Å². The Labute approximate surface area is 125 Å². The average molecular weight is 322 g/mol. The van der Waals surface area contributed by atoms with Crippen LogP contribution in [0.4, 0.5) is 4.79 Å². The lowest BCUT2D eigenvalue weighted by Gasteiger charge is -2.24. The molecule has 0 saturated carbocycles. The number of rotatable bonds is 2. The van der Waals surface area contributed by atoms with E-state index in [1.54, 1.807) is 18.5 Å². The highest BCUT2D eigenvalue weighted by atomic mass is 32.3. The minimum absolute atomic E-state index is 0.251. The lowest BCUT2D eigenvalue weighted by atomic mass is 10.00. The largest absolute Gasteiger partial charge is 0.418 e. The Kier molecular flexibility index (Phi) is 2.64. The Morgan fingerprint density at radius 2 is 2.23 bits per heavy atom. The van der Waals surface area contributed by atoms with Crippen LogP contribution >= 0.6 is 0 Å². The molecule has 2 aromatic rings. The number of aromatic nitrogens is 2. The van der Waals surface area contributed by atoms with Crippen molar-refractivity contribution < 1.29 is 22.0 Å². The predicted molar refractivity (Wildman–Crippen MR) is 72.6 cm³/mol. The summed E-state index contributed by atoms with van der Waals surface area (Å²) in [6.07, 6.45) is 3.24. The fourth-order valence-corrected chi connectivity index (χ4v) is 3.22. The van der Waals surface area contributed by atoms with E-state index >= 15 is 0 Å². The molecule has 114 valence electrons. The van der Waals surface area contributed by atoms with E-state index in [9.17, 15) is 13.2 Å². The van der Waals surface area contributed by atoms with E-state index in [1.165, 1.54) is 4.90 Å². The van der Waals surface area contributed by atoms with Crippen LogP contribution in [0, 0.1) is 0 Å². The molecule has 10 heteroatoms. The standard InChI is InChI=1S/C12H10N4O5S/c17-12-15-5-10-8(3-7-1-2-13-4-9(7)14-10)11(6-15)16(12)21-22(18,19)20/h1-4,11H,5-6H2,(H,18,19,20). The van der Waals surface area contributed by atoms with E-state index in [1.807, 2.05) is 6.07 Å². The third kappa shape index (κ3) is 2.00. The minimum Gasteiger partial charge on any atom is -0.314 e. The van der Waals surface area contributed by atoms with Gasteiger partial charge in [0.15, 0.2) is 0 Å². The maximum Gasteiger partial charge on any atom is 0.418 e. The third-order valence-corrected chi connectivity index (χ3v) is 4.09. The fraction of sp³-hybridized carbons (Fsp3) is 0.250. The summed E-state index contributed by atoms with van der Waals surface area (Å²) in [4.78, 5) is 22.0. The number of carbonyl (C=O) groups excluding carboxylic acids is 1. The summed E-state index contributed by atoms with van der Waals surface area (Å²) in [6.45, 7) is 0.528. The van der Waals surface area contributed by atoms with Crippen molar-refractivity contribution in [3.8, 4) is 0 Å². The zero-order valence-corrected chi connectivity index (χ0v) is 11.9. The molecule has 1 unspecified atom stereocenters. The van der Waals surface area contributed by atoms with Crippen LogP contribution in [0.5, 0.6) is 0 Å². The van der Waals surface area contributed by atoms with Gasteiger partial charge in [0.2, 0.25) is 0 Å². The van der Waals surface area contributed by atoms with Crippen molar-refractivity contribution in [3.05, 3.63) is 35.8 Å². The zero-order valence-electron chi connectivity index (χ0n) is 11.1. The van der Waals surface area contributed by atoms with Gasteiger partial charge >= 0.3 is 16.4 Å². The summed E-state index contributed by atoms with van der Waals surface area (Å²) in [7, 11) is -4.78. The van der Waals surface area contributed by atoms with Gasteiger partial charge in [0.1, 0.15) is 6.04 Å². The van der Waals surface area contributed by atoms with E-state index < -0.39 is 22.5 Å². The molecule has 2 aliphatic heterocycles. The van der Waals surface area contributed by atoms with Gasteiger partial charge in [0, 0.05) is 17.1 Å². The van der Waals surface area contributed by atoms with Crippen LogP contribution in [0.3, 0.4) is 0 Å². The van der Waals surface area contributed by atoms with Crippen molar-refractivity contribution >= 4 is 27.3 Å². The molecule has 0 radical (unpaired) electrons.